The first-order chi connectivity index (χ1) is 8.44. The molecule has 1 amide bonds. The highest BCUT2D eigenvalue weighted by molar-refractivity contribution is 6.38. The Kier molecular flexibility index (Phi) is 4.87. The van der Waals surface area contributed by atoms with Crippen molar-refractivity contribution in [2.24, 2.45) is 10.4 Å². The van der Waals surface area contributed by atoms with Gasteiger partial charge in [-0.25, -0.2) is 0 Å². The lowest BCUT2D eigenvalue weighted by Gasteiger charge is -2.34. The number of ketones is 1. The number of Topliss-reactive ketones (excluding diaryl/α,β-unsaturated/α-hetero) is 1. The smallest absolute Gasteiger partial charge is 0.292 e. The van der Waals surface area contributed by atoms with Gasteiger partial charge in [0.2, 0.25) is 5.78 Å². The zero-order valence-electron chi connectivity index (χ0n) is 11.3. The third kappa shape index (κ3) is 3.09. The fourth-order valence-corrected chi connectivity index (χ4v) is 1.96. The van der Waals surface area contributed by atoms with E-state index in [4.69, 9.17) is 0 Å². The summed E-state index contributed by atoms with van der Waals surface area (Å²) in [7, 11) is 0. The minimum Gasteiger partial charge on any atom is -0.864 e. The van der Waals surface area contributed by atoms with E-state index in [0.717, 1.165) is 12.8 Å². The summed E-state index contributed by atoms with van der Waals surface area (Å²) < 4.78 is 0. The van der Waals surface area contributed by atoms with E-state index in [9.17, 15) is 14.7 Å². The van der Waals surface area contributed by atoms with E-state index in [2.05, 4.69) is 4.99 Å². The van der Waals surface area contributed by atoms with Crippen LogP contribution in [0.5, 0.6) is 0 Å². The summed E-state index contributed by atoms with van der Waals surface area (Å²) in [4.78, 5) is 29.5. The van der Waals surface area contributed by atoms with Crippen LogP contribution in [0.3, 0.4) is 0 Å². The van der Waals surface area contributed by atoms with Gasteiger partial charge in [-0.1, -0.05) is 27.2 Å². The minimum atomic E-state index is -0.653. The van der Waals surface area contributed by atoms with E-state index in [1.165, 1.54) is 4.90 Å². The number of likely N-dealkylation sites (tertiary alicyclic amines) is 1. The van der Waals surface area contributed by atoms with Gasteiger partial charge in [0.1, 0.15) is 6.17 Å². The Morgan fingerprint density at radius 3 is 2.67 bits per heavy atom. The molecule has 1 aliphatic heterocycles. The highest BCUT2D eigenvalue weighted by Gasteiger charge is 2.37. The minimum absolute atomic E-state index is 0.391. The Morgan fingerprint density at radius 1 is 1.44 bits per heavy atom. The lowest BCUT2D eigenvalue weighted by molar-refractivity contribution is -0.201. The van der Waals surface area contributed by atoms with E-state index >= 15 is 0 Å². The summed E-state index contributed by atoms with van der Waals surface area (Å²) in [6, 6.07) is 0. The number of nitrogens with zero attached hydrogens (tertiary/aromatic N) is 2. The molecular formula is C13H21N2O3-. The van der Waals surface area contributed by atoms with Crippen molar-refractivity contribution in [1.29, 1.82) is 0 Å². The van der Waals surface area contributed by atoms with Gasteiger partial charge in [0.25, 0.3) is 5.91 Å². The molecule has 1 unspecified atom stereocenters. The molecule has 0 radical (unpaired) electrons. The highest BCUT2D eigenvalue weighted by atomic mass is 16.3. The van der Waals surface area contributed by atoms with Crippen LogP contribution in [0.2, 0.25) is 0 Å². The summed E-state index contributed by atoms with van der Waals surface area (Å²) in [6.07, 6.45) is 3.06. The van der Waals surface area contributed by atoms with Crippen molar-refractivity contribution in [3.63, 3.8) is 0 Å². The van der Waals surface area contributed by atoms with Gasteiger partial charge < -0.3 is 10.0 Å². The monoisotopic (exact) mass is 253 g/mol. The quantitative estimate of drug-likeness (QED) is 0.421. The van der Waals surface area contributed by atoms with Crippen molar-refractivity contribution < 1.29 is 14.7 Å². The fraction of sp³-hybridized carbons (Fsp3) is 0.769. The molecule has 102 valence electrons. The summed E-state index contributed by atoms with van der Waals surface area (Å²) in [5.74, 6) is -0.893. The Labute approximate surface area is 108 Å². The molecule has 1 rings (SSSR count). The predicted molar refractivity (Wildman–Crippen MR) is 66.9 cm³/mol. The molecule has 18 heavy (non-hydrogen) atoms. The van der Waals surface area contributed by atoms with Crippen LogP contribution in [0.4, 0.5) is 0 Å². The van der Waals surface area contributed by atoms with Crippen LogP contribution in [0, 0.1) is 5.41 Å². The van der Waals surface area contributed by atoms with Gasteiger partial charge in [0, 0.05) is 12.0 Å². The van der Waals surface area contributed by atoms with Gasteiger partial charge in [0.15, 0.2) is 0 Å². The zero-order valence-corrected chi connectivity index (χ0v) is 11.3. The molecule has 1 fully saturated rings. The van der Waals surface area contributed by atoms with Gasteiger partial charge in [0.05, 0.1) is 0 Å². The van der Waals surface area contributed by atoms with Crippen LogP contribution in [-0.4, -0.2) is 35.7 Å². The van der Waals surface area contributed by atoms with Crippen LogP contribution in [0.25, 0.3) is 0 Å². The van der Waals surface area contributed by atoms with Gasteiger partial charge in [-0.3, -0.25) is 14.6 Å². The molecule has 0 aromatic heterocycles. The van der Waals surface area contributed by atoms with Gasteiger partial charge in [-0.05, 0) is 25.7 Å². The number of piperidine rings is 1. The topological polar surface area (TPSA) is 72.8 Å². The first-order valence-corrected chi connectivity index (χ1v) is 6.43. The number of aliphatic imine (C=N–C) groups is 1. The van der Waals surface area contributed by atoms with E-state index in [1.807, 2.05) is 6.92 Å². The summed E-state index contributed by atoms with van der Waals surface area (Å²) >= 11 is 0. The average molecular weight is 253 g/mol. The summed E-state index contributed by atoms with van der Waals surface area (Å²) in [6.45, 7) is 5.92. The fourth-order valence-electron chi connectivity index (χ4n) is 1.96. The largest absolute Gasteiger partial charge is 0.864 e. The number of carbonyl (C=O) groups excluding carboxylic acids is 2. The maximum Gasteiger partial charge on any atom is 0.292 e. The molecule has 0 bridgehead atoms. The van der Waals surface area contributed by atoms with E-state index in [-0.39, 0.29) is 0 Å². The SMILES string of the molecule is CCC(C)(C)C(=O)C(=O)N1CCCCC1/N=C/[O-]. The molecule has 5 heteroatoms. The number of carbonyl (C=O) groups is 2. The molecule has 1 saturated heterocycles. The summed E-state index contributed by atoms with van der Waals surface area (Å²) in [5.41, 5.74) is -0.653. The predicted octanol–water partition coefficient (Wildman–Crippen LogP) is 0.719. The van der Waals surface area contributed by atoms with E-state index in [0.29, 0.717) is 25.8 Å². The number of hydrogen-bond donors (Lipinski definition) is 0. The van der Waals surface area contributed by atoms with Crippen molar-refractivity contribution in [1.82, 2.24) is 4.90 Å². The molecule has 1 aliphatic rings. The van der Waals surface area contributed by atoms with Gasteiger partial charge in [-0.15, -0.1) is 0 Å². The summed E-state index contributed by atoms with van der Waals surface area (Å²) in [5, 5.41) is 10.5. The Balaban J connectivity index is 2.84. The number of amides is 1. The van der Waals surface area contributed by atoms with Crippen LogP contribution in [0.1, 0.15) is 46.5 Å². The van der Waals surface area contributed by atoms with Gasteiger partial charge in [-0.2, -0.15) is 0 Å². The van der Waals surface area contributed by atoms with Crippen molar-refractivity contribution >= 4 is 18.1 Å². The maximum atomic E-state index is 12.2. The molecule has 1 heterocycles. The van der Waals surface area contributed by atoms with Crippen molar-refractivity contribution in [3.05, 3.63) is 0 Å². The average Bonchev–Trinajstić information content (AvgIpc) is 2.38. The van der Waals surface area contributed by atoms with E-state index in [1.54, 1.807) is 13.8 Å². The second kappa shape index (κ2) is 5.98. The van der Waals surface area contributed by atoms with Crippen molar-refractivity contribution in [3.8, 4) is 0 Å². The van der Waals surface area contributed by atoms with Crippen LogP contribution in [-0.2, 0) is 9.59 Å². The third-order valence-electron chi connectivity index (χ3n) is 3.66. The number of hydrogen-bond acceptors (Lipinski definition) is 4. The maximum absolute atomic E-state index is 12.2. The van der Waals surface area contributed by atoms with Crippen molar-refractivity contribution in [2.45, 2.75) is 52.6 Å². The van der Waals surface area contributed by atoms with Crippen LogP contribution in [0.15, 0.2) is 4.99 Å². The Morgan fingerprint density at radius 2 is 2.11 bits per heavy atom. The van der Waals surface area contributed by atoms with Crippen molar-refractivity contribution in [2.75, 3.05) is 6.54 Å². The first kappa shape index (κ1) is 14.7. The Hall–Kier alpha value is -1.39. The third-order valence-corrected chi connectivity index (χ3v) is 3.66. The van der Waals surface area contributed by atoms with Crippen LogP contribution >= 0.6 is 0 Å². The molecule has 0 aliphatic carbocycles. The second-order valence-electron chi connectivity index (χ2n) is 5.30. The molecule has 0 spiro atoms. The molecule has 1 atom stereocenters. The lowest BCUT2D eigenvalue weighted by Crippen LogP contribution is -2.49. The second-order valence-corrected chi connectivity index (χ2v) is 5.30. The standard InChI is InChI=1S/C13H22N2O3/c1-4-13(2,3)11(17)12(18)15-8-6-5-7-10(15)14-9-16/h9-10H,4-8H2,1-3H3,(H,14,16)/p-1. The normalized spacial score (nSPS) is 21.3. The molecular weight excluding hydrogens is 232 g/mol. The highest BCUT2D eigenvalue weighted by Crippen LogP contribution is 2.25. The van der Waals surface area contributed by atoms with E-state index < -0.39 is 23.3 Å². The molecule has 0 saturated carbocycles. The molecule has 0 N–H and O–H groups in total. The zero-order chi connectivity index (χ0) is 13.8. The number of rotatable bonds is 4. The Bertz CT molecular complexity index is 350. The molecule has 5 nitrogen and oxygen atoms in total. The van der Waals surface area contributed by atoms with Gasteiger partial charge >= 0.3 is 0 Å². The first-order valence-electron chi connectivity index (χ1n) is 6.43. The van der Waals surface area contributed by atoms with Crippen LogP contribution < -0.4 is 5.11 Å². The molecule has 0 aromatic carbocycles. The lowest BCUT2D eigenvalue weighted by atomic mass is 9.84. The molecule has 0 aromatic rings.